The van der Waals surface area contributed by atoms with Gasteiger partial charge in [-0.3, -0.25) is 0 Å². The number of ether oxygens (including phenoxy) is 2. The van der Waals surface area contributed by atoms with Crippen molar-refractivity contribution in [1.82, 2.24) is 0 Å². The van der Waals surface area contributed by atoms with E-state index < -0.39 is 0 Å². The molecular weight excluding hydrogens is 244 g/mol. The zero-order valence-corrected chi connectivity index (χ0v) is 11.1. The van der Waals surface area contributed by atoms with Gasteiger partial charge >= 0.3 is 0 Å². The summed E-state index contributed by atoms with van der Waals surface area (Å²) >= 11 is 0. The SMILES string of the molecule is COc1ccc(OCC(CO)c2ccc(C)o2)cc1. The molecule has 1 aromatic heterocycles. The van der Waals surface area contributed by atoms with Crippen LogP contribution >= 0.6 is 0 Å². The lowest BCUT2D eigenvalue weighted by atomic mass is 10.1. The predicted molar refractivity (Wildman–Crippen MR) is 71.8 cm³/mol. The minimum atomic E-state index is -0.157. The number of hydrogen-bond acceptors (Lipinski definition) is 4. The van der Waals surface area contributed by atoms with Crippen LogP contribution in [-0.4, -0.2) is 25.4 Å². The summed E-state index contributed by atoms with van der Waals surface area (Å²) < 4.78 is 16.2. The van der Waals surface area contributed by atoms with Crippen LogP contribution in [0.2, 0.25) is 0 Å². The third kappa shape index (κ3) is 3.51. The molecule has 0 bridgehead atoms. The van der Waals surface area contributed by atoms with Crippen LogP contribution in [-0.2, 0) is 0 Å². The Morgan fingerprint density at radius 2 is 1.79 bits per heavy atom. The van der Waals surface area contributed by atoms with Crippen molar-refractivity contribution in [3.63, 3.8) is 0 Å². The van der Waals surface area contributed by atoms with Crippen molar-refractivity contribution in [2.24, 2.45) is 0 Å². The first-order chi connectivity index (χ1) is 9.22. The minimum absolute atomic E-state index is 0.0108. The molecule has 1 atom stereocenters. The van der Waals surface area contributed by atoms with Gasteiger partial charge in [0.1, 0.15) is 29.6 Å². The number of furan rings is 1. The third-order valence-corrected chi connectivity index (χ3v) is 2.89. The lowest BCUT2D eigenvalue weighted by Gasteiger charge is -2.13. The highest BCUT2D eigenvalue weighted by atomic mass is 16.5. The second-order valence-electron chi connectivity index (χ2n) is 4.31. The zero-order valence-electron chi connectivity index (χ0n) is 11.1. The van der Waals surface area contributed by atoms with Crippen molar-refractivity contribution in [1.29, 1.82) is 0 Å². The summed E-state index contributed by atoms with van der Waals surface area (Å²) in [6.07, 6.45) is 0. The molecule has 4 heteroatoms. The fourth-order valence-electron chi connectivity index (χ4n) is 1.77. The van der Waals surface area contributed by atoms with Gasteiger partial charge in [-0.05, 0) is 43.3 Å². The summed E-state index contributed by atoms with van der Waals surface area (Å²) in [4.78, 5) is 0. The minimum Gasteiger partial charge on any atom is -0.497 e. The lowest BCUT2D eigenvalue weighted by molar-refractivity contribution is 0.189. The second-order valence-corrected chi connectivity index (χ2v) is 4.31. The fourth-order valence-corrected chi connectivity index (χ4v) is 1.77. The molecular formula is C15H18O4. The maximum Gasteiger partial charge on any atom is 0.119 e. The van der Waals surface area contributed by atoms with Gasteiger partial charge in [-0.25, -0.2) is 0 Å². The van der Waals surface area contributed by atoms with E-state index >= 15 is 0 Å². The first-order valence-corrected chi connectivity index (χ1v) is 6.17. The number of aryl methyl sites for hydroxylation is 1. The Kier molecular flexibility index (Phi) is 4.47. The Morgan fingerprint density at radius 1 is 1.11 bits per heavy atom. The standard InChI is InChI=1S/C15H18O4/c1-11-3-8-15(19-11)12(9-16)10-18-14-6-4-13(17-2)5-7-14/h3-8,12,16H,9-10H2,1-2H3. The van der Waals surface area contributed by atoms with Crippen molar-refractivity contribution in [2.75, 3.05) is 20.3 Å². The van der Waals surface area contributed by atoms with E-state index in [0.29, 0.717) is 6.61 Å². The van der Waals surface area contributed by atoms with E-state index in [-0.39, 0.29) is 12.5 Å². The molecule has 0 saturated heterocycles. The van der Waals surface area contributed by atoms with Gasteiger partial charge in [-0.15, -0.1) is 0 Å². The summed E-state index contributed by atoms with van der Waals surface area (Å²) in [6.45, 7) is 2.24. The van der Waals surface area contributed by atoms with Gasteiger partial charge in [0.2, 0.25) is 0 Å². The van der Waals surface area contributed by atoms with Crippen LogP contribution < -0.4 is 9.47 Å². The first kappa shape index (κ1) is 13.5. The van der Waals surface area contributed by atoms with Crippen molar-refractivity contribution >= 4 is 0 Å². The molecule has 0 spiro atoms. The molecule has 0 amide bonds. The van der Waals surface area contributed by atoms with Gasteiger partial charge in [0.25, 0.3) is 0 Å². The highest BCUT2D eigenvalue weighted by Crippen LogP contribution is 2.22. The van der Waals surface area contributed by atoms with E-state index in [1.54, 1.807) is 7.11 Å². The van der Waals surface area contributed by atoms with Crippen LogP contribution in [0.1, 0.15) is 17.4 Å². The number of methoxy groups -OCH3 is 1. The smallest absolute Gasteiger partial charge is 0.119 e. The Balaban J connectivity index is 1.95. The molecule has 1 heterocycles. The number of aliphatic hydroxyl groups is 1. The van der Waals surface area contributed by atoms with Crippen molar-refractivity contribution in [3.05, 3.63) is 47.9 Å². The maximum atomic E-state index is 9.39. The number of rotatable bonds is 6. The largest absolute Gasteiger partial charge is 0.497 e. The summed E-state index contributed by atoms with van der Waals surface area (Å²) in [5.41, 5.74) is 0. The lowest BCUT2D eigenvalue weighted by Crippen LogP contribution is -2.13. The number of hydrogen-bond donors (Lipinski definition) is 1. The van der Waals surface area contributed by atoms with Gasteiger partial charge in [-0.2, -0.15) is 0 Å². The van der Waals surface area contributed by atoms with Gasteiger partial charge in [0.15, 0.2) is 0 Å². The van der Waals surface area contributed by atoms with E-state index in [0.717, 1.165) is 23.0 Å². The first-order valence-electron chi connectivity index (χ1n) is 6.17. The van der Waals surface area contributed by atoms with Gasteiger partial charge in [-0.1, -0.05) is 0 Å². The van der Waals surface area contributed by atoms with Gasteiger partial charge in [0, 0.05) is 0 Å². The highest BCUT2D eigenvalue weighted by Gasteiger charge is 2.15. The quantitative estimate of drug-likeness (QED) is 0.869. The van der Waals surface area contributed by atoms with Crippen molar-refractivity contribution in [3.8, 4) is 11.5 Å². The van der Waals surface area contributed by atoms with E-state index in [1.165, 1.54) is 0 Å². The van der Waals surface area contributed by atoms with E-state index in [2.05, 4.69) is 0 Å². The highest BCUT2D eigenvalue weighted by molar-refractivity contribution is 5.31. The molecule has 1 unspecified atom stereocenters. The maximum absolute atomic E-state index is 9.39. The molecule has 0 aliphatic rings. The van der Waals surface area contributed by atoms with Crippen LogP contribution in [0, 0.1) is 6.92 Å². The monoisotopic (exact) mass is 262 g/mol. The molecule has 0 aliphatic heterocycles. The molecule has 4 nitrogen and oxygen atoms in total. The van der Waals surface area contributed by atoms with Crippen LogP contribution in [0.5, 0.6) is 11.5 Å². The van der Waals surface area contributed by atoms with Crippen LogP contribution in [0.4, 0.5) is 0 Å². The average molecular weight is 262 g/mol. The molecule has 0 aliphatic carbocycles. The summed E-state index contributed by atoms with van der Waals surface area (Å²) in [5, 5.41) is 9.39. The van der Waals surface area contributed by atoms with Crippen LogP contribution in [0.15, 0.2) is 40.8 Å². The van der Waals surface area contributed by atoms with E-state index in [9.17, 15) is 5.11 Å². The van der Waals surface area contributed by atoms with E-state index in [4.69, 9.17) is 13.9 Å². The molecule has 19 heavy (non-hydrogen) atoms. The molecule has 1 aromatic carbocycles. The van der Waals surface area contributed by atoms with Gasteiger partial charge < -0.3 is 19.0 Å². The van der Waals surface area contributed by atoms with Crippen molar-refractivity contribution in [2.45, 2.75) is 12.8 Å². The molecule has 0 radical (unpaired) electrons. The number of benzene rings is 1. The Hall–Kier alpha value is -1.94. The molecule has 102 valence electrons. The van der Waals surface area contributed by atoms with E-state index in [1.807, 2.05) is 43.3 Å². The van der Waals surface area contributed by atoms with Crippen molar-refractivity contribution < 1.29 is 19.0 Å². The number of aliphatic hydroxyl groups excluding tert-OH is 1. The molecule has 0 saturated carbocycles. The Labute approximate surface area is 112 Å². The third-order valence-electron chi connectivity index (χ3n) is 2.89. The molecule has 2 aromatic rings. The van der Waals surface area contributed by atoms with Gasteiger partial charge in [0.05, 0.1) is 19.6 Å². The molecule has 0 fully saturated rings. The van der Waals surface area contributed by atoms with Crippen LogP contribution in [0.3, 0.4) is 0 Å². The second kappa shape index (κ2) is 6.29. The fraction of sp³-hybridized carbons (Fsp3) is 0.333. The summed E-state index contributed by atoms with van der Waals surface area (Å²) in [5.74, 6) is 2.94. The topological polar surface area (TPSA) is 51.8 Å². The Morgan fingerprint density at radius 3 is 2.32 bits per heavy atom. The Bertz CT molecular complexity index is 501. The summed E-state index contributed by atoms with van der Waals surface area (Å²) in [6, 6.07) is 11.1. The average Bonchev–Trinajstić information content (AvgIpc) is 2.87. The van der Waals surface area contributed by atoms with Crippen LogP contribution in [0.25, 0.3) is 0 Å². The molecule has 2 rings (SSSR count). The zero-order chi connectivity index (χ0) is 13.7. The predicted octanol–water partition coefficient (Wildman–Crippen LogP) is 2.75. The molecule has 1 N–H and O–H groups in total. The normalized spacial score (nSPS) is 12.2. The summed E-state index contributed by atoms with van der Waals surface area (Å²) in [7, 11) is 1.62.